The molecule has 0 aliphatic carbocycles. The van der Waals surface area contributed by atoms with E-state index in [4.69, 9.17) is 4.74 Å². The van der Waals surface area contributed by atoms with Crippen LogP contribution in [0.5, 0.6) is 5.75 Å². The second-order valence-electron chi connectivity index (χ2n) is 9.71. The molecule has 35 heavy (non-hydrogen) atoms. The second kappa shape index (κ2) is 12.7. The number of sulfonamides is 1. The summed E-state index contributed by atoms with van der Waals surface area (Å²) in [6.07, 6.45) is 1.75. The number of ether oxygens (including phenoxy) is 1. The number of likely N-dealkylation sites (N-methyl/N-ethyl adjacent to an activating group) is 1. The van der Waals surface area contributed by atoms with Gasteiger partial charge in [0.2, 0.25) is 21.8 Å². The first-order chi connectivity index (χ1) is 16.3. The number of carbonyl (C=O) groups is 2. The highest BCUT2D eigenvalue weighted by molar-refractivity contribution is 7.88. The van der Waals surface area contributed by atoms with Gasteiger partial charge < -0.3 is 25.0 Å². The summed E-state index contributed by atoms with van der Waals surface area (Å²) in [7, 11) is 1.97. The highest BCUT2D eigenvalue weighted by Gasteiger charge is 2.32. The van der Waals surface area contributed by atoms with E-state index in [1.807, 2.05) is 25.9 Å². The molecule has 2 N–H and O–H groups in total. The Morgan fingerprint density at radius 3 is 2.60 bits per heavy atom. The molecule has 0 saturated heterocycles. The van der Waals surface area contributed by atoms with Gasteiger partial charge in [-0.05, 0) is 52.2 Å². The summed E-state index contributed by atoms with van der Waals surface area (Å²) in [5, 5.41) is 12.6. The number of aliphatic hydroxyl groups is 1. The fourth-order valence-corrected chi connectivity index (χ4v) is 4.31. The van der Waals surface area contributed by atoms with Gasteiger partial charge >= 0.3 is 0 Å². The third kappa shape index (κ3) is 8.75. The molecular formula is C24H40N4O6S. The maximum atomic E-state index is 13.2. The lowest BCUT2D eigenvalue weighted by atomic mass is 10.0. The Labute approximate surface area is 209 Å². The molecule has 11 heteroatoms. The molecule has 0 saturated carbocycles. The Kier molecular flexibility index (Phi) is 10.5. The average molecular weight is 513 g/mol. The Bertz CT molecular complexity index is 984. The number of hydrogen-bond donors (Lipinski definition) is 2. The molecule has 2 rings (SSSR count). The second-order valence-corrected chi connectivity index (χ2v) is 11.8. The molecule has 0 fully saturated rings. The summed E-state index contributed by atoms with van der Waals surface area (Å²) < 4.78 is 31.6. The smallest absolute Gasteiger partial charge is 0.227 e. The number of rotatable bonds is 10. The quantitative estimate of drug-likeness (QED) is 0.480. The number of nitrogens with one attached hydrogen (secondary N) is 1. The molecule has 3 atom stereocenters. The Morgan fingerprint density at radius 1 is 1.31 bits per heavy atom. The zero-order chi connectivity index (χ0) is 26.3. The first-order valence-electron chi connectivity index (χ1n) is 11.9. The van der Waals surface area contributed by atoms with Crippen molar-refractivity contribution in [2.24, 2.45) is 5.92 Å². The minimum Gasteiger partial charge on any atom is -0.488 e. The molecule has 198 valence electrons. The van der Waals surface area contributed by atoms with Crippen LogP contribution in [0.15, 0.2) is 18.2 Å². The normalized spacial score (nSPS) is 20.0. The Morgan fingerprint density at radius 2 is 2.00 bits per heavy atom. The van der Waals surface area contributed by atoms with Gasteiger partial charge in [0.1, 0.15) is 11.9 Å². The topological polar surface area (TPSA) is 119 Å². The van der Waals surface area contributed by atoms with Crippen molar-refractivity contribution in [3.05, 3.63) is 23.8 Å². The molecule has 0 unspecified atom stereocenters. The van der Waals surface area contributed by atoms with E-state index in [2.05, 4.69) is 5.32 Å². The molecule has 2 amide bonds. The van der Waals surface area contributed by atoms with Crippen molar-refractivity contribution in [3.8, 4) is 5.75 Å². The van der Waals surface area contributed by atoms with E-state index < -0.39 is 22.2 Å². The molecule has 1 aromatic rings. The van der Waals surface area contributed by atoms with Crippen molar-refractivity contribution in [2.45, 2.75) is 45.3 Å². The standard InChI is InChI=1S/C24H40N4O6S/c1-17-14-28(18(2)16-29)24(31)13-19-12-20(25-23(30)8-7-11-26(3)4)9-10-21(19)34-22(17)15-27(5)35(6,32)33/h9-10,12,17-18,22,29H,7-8,11,13-16H2,1-6H3,(H,25,30)/t17-,18-,22+/m0/s1. The van der Waals surface area contributed by atoms with E-state index in [1.54, 1.807) is 30.0 Å². The fourth-order valence-electron chi connectivity index (χ4n) is 3.89. The largest absolute Gasteiger partial charge is 0.488 e. The van der Waals surface area contributed by atoms with Crippen molar-refractivity contribution in [1.82, 2.24) is 14.1 Å². The van der Waals surface area contributed by atoms with Crippen LogP contribution in [-0.2, 0) is 26.0 Å². The van der Waals surface area contributed by atoms with Gasteiger partial charge in [-0.2, -0.15) is 0 Å². The maximum Gasteiger partial charge on any atom is 0.227 e. The molecular weight excluding hydrogens is 472 g/mol. The lowest BCUT2D eigenvalue weighted by Crippen LogP contribution is -2.48. The summed E-state index contributed by atoms with van der Waals surface area (Å²) in [5.41, 5.74) is 1.16. The lowest BCUT2D eigenvalue weighted by Gasteiger charge is -2.33. The van der Waals surface area contributed by atoms with Crippen LogP contribution in [0.3, 0.4) is 0 Å². The number of anilines is 1. The molecule has 0 spiro atoms. The fraction of sp³-hybridized carbons (Fsp3) is 0.667. The first-order valence-corrected chi connectivity index (χ1v) is 13.7. The van der Waals surface area contributed by atoms with Crippen molar-refractivity contribution < 1.29 is 27.9 Å². The first kappa shape index (κ1) is 29.0. The van der Waals surface area contributed by atoms with Crippen LogP contribution in [0.4, 0.5) is 5.69 Å². The van der Waals surface area contributed by atoms with E-state index in [1.165, 1.54) is 11.4 Å². The van der Waals surface area contributed by atoms with Crippen LogP contribution >= 0.6 is 0 Å². The molecule has 1 heterocycles. The van der Waals surface area contributed by atoms with E-state index in [0.29, 0.717) is 30.0 Å². The van der Waals surface area contributed by atoms with Gasteiger partial charge in [0.25, 0.3) is 0 Å². The zero-order valence-corrected chi connectivity index (χ0v) is 22.5. The minimum atomic E-state index is -3.43. The van der Waals surface area contributed by atoms with Crippen LogP contribution in [0, 0.1) is 5.92 Å². The number of fused-ring (bicyclic) bond motifs is 1. The van der Waals surface area contributed by atoms with Crippen LogP contribution in [0.2, 0.25) is 0 Å². The SMILES string of the molecule is C[C@H]1CN([C@@H](C)CO)C(=O)Cc2cc(NC(=O)CCCN(C)C)ccc2O[C@@H]1CN(C)S(C)(=O)=O. The minimum absolute atomic E-state index is 0.0331. The summed E-state index contributed by atoms with van der Waals surface area (Å²) >= 11 is 0. The van der Waals surface area contributed by atoms with Gasteiger partial charge in [0, 0.05) is 37.2 Å². The predicted molar refractivity (Wildman–Crippen MR) is 136 cm³/mol. The third-order valence-electron chi connectivity index (χ3n) is 6.21. The van der Waals surface area contributed by atoms with Gasteiger partial charge in [-0.3, -0.25) is 9.59 Å². The van der Waals surface area contributed by atoms with Crippen molar-refractivity contribution in [3.63, 3.8) is 0 Å². The van der Waals surface area contributed by atoms with Crippen molar-refractivity contribution in [2.75, 3.05) is 59.0 Å². The summed E-state index contributed by atoms with van der Waals surface area (Å²) in [4.78, 5) is 29.2. The van der Waals surface area contributed by atoms with Gasteiger partial charge in [0.15, 0.2) is 0 Å². The predicted octanol–water partition coefficient (Wildman–Crippen LogP) is 1.01. The van der Waals surface area contributed by atoms with Crippen molar-refractivity contribution in [1.29, 1.82) is 0 Å². The number of carbonyl (C=O) groups excluding carboxylic acids is 2. The Hall–Kier alpha value is -2.21. The van der Waals surface area contributed by atoms with Gasteiger partial charge in [0.05, 0.1) is 31.9 Å². The monoisotopic (exact) mass is 512 g/mol. The molecule has 1 aliphatic heterocycles. The molecule has 1 aliphatic rings. The van der Waals surface area contributed by atoms with E-state index in [9.17, 15) is 23.1 Å². The van der Waals surface area contributed by atoms with Crippen LogP contribution in [0.1, 0.15) is 32.3 Å². The number of nitrogens with zero attached hydrogens (tertiary/aromatic N) is 3. The van der Waals surface area contributed by atoms with E-state index in [0.717, 1.165) is 19.2 Å². The van der Waals surface area contributed by atoms with Gasteiger partial charge in [-0.1, -0.05) is 6.92 Å². The van der Waals surface area contributed by atoms with E-state index >= 15 is 0 Å². The number of amides is 2. The van der Waals surface area contributed by atoms with E-state index in [-0.39, 0.29) is 37.3 Å². The molecule has 0 bridgehead atoms. The van der Waals surface area contributed by atoms with Gasteiger partial charge in [-0.25, -0.2) is 12.7 Å². The van der Waals surface area contributed by atoms with Crippen LogP contribution in [0.25, 0.3) is 0 Å². The summed E-state index contributed by atoms with van der Waals surface area (Å²) in [6, 6.07) is 4.76. The summed E-state index contributed by atoms with van der Waals surface area (Å²) in [6.45, 7) is 4.71. The molecule has 0 radical (unpaired) electrons. The molecule has 1 aromatic carbocycles. The van der Waals surface area contributed by atoms with Gasteiger partial charge in [-0.15, -0.1) is 0 Å². The maximum absolute atomic E-state index is 13.2. The molecule has 0 aromatic heterocycles. The lowest BCUT2D eigenvalue weighted by molar-refractivity contribution is -0.134. The summed E-state index contributed by atoms with van der Waals surface area (Å²) in [5.74, 6) is -0.0193. The number of aliphatic hydroxyl groups excluding tert-OH is 1. The highest BCUT2D eigenvalue weighted by atomic mass is 32.2. The number of hydrogen-bond acceptors (Lipinski definition) is 7. The molecule has 10 nitrogen and oxygen atoms in total. The van der Waals surface area contributed by atoms with Crippen LogP contribution in [-0.4, -0.2) is 105 Å². The number of benzene rings is 1. The van der Waals surface area contributed by atoms with Crippen molar-refractivity contribution >= 4 is 27.5 Å². The average Bonchev–Trinajstić information content (AvgIpc) is 2.80. The highest BCUT2D eigenvalue weighted by Crippen LogP contribution is 2.29. The zero-order valence-electron chi connectivity index (χ0n) is 21.7. The van der Waals surface area contributed by atoms with Crippen LogP contribution < -0.4 is 10.1 Å². The third-order valence-corrected chi connectivity index (χ3v) is 7.49. The Balaban J connectivity index is 2.34.